The SMILES string of the molecule is Cc1cccc(OCCN2C(=O)S/C(=C\c3ccc(OS(=O)(=O)c4ccc(Cl)cc4)cc3)C2=O)c1. The van der Waals surface area contributed by atoms with Gasteiger partial charge in [-0.1, -0.05) is 35.9 Å². The Bertz CT molecular complexity index is 1390. The van der Waals surface area contributed by atoms with Crippen molar-refractivity contribution in [1.29, 1.82) is 0 Å². The monoisotopic (exact) mass is 529 g/mol. The van der Waals surface area contributed by atoms with Crippen molar-refractivity contribution in [2.45, 2.75) is 11.8 Å². The highest BCUT2D eigenvalue weighted by molar-refractivity contribution is 8.18. The van der Waals surface area contributed by atoms with Crippen LogP contribution in [0.3, 0.4) is 0 Å². The average Bonchev–Trinajstić information content (AvgIpc) is 3.08. The van der Waals surface area contributed by atoms with Crippen LogP contribution in [0.1, 0.15) is 11.1 Å². The standard InChI is InChI=1S/C25H20ClNO6S2/c1-17-3-2-4-21(15-17)32-14-13-27-24(28)23(34-25(27)29)16-18-5-9-20(10-6-18)33-35(30,31)22-11-7-19(26)8-12-22/h2-12,15-16H,13-14H2,1H3/b23-16-. The summed E-state index contributed by atoms with van der Waals surface area (Å²) in [5.74, 6) is 0.380. The quantitative estimate of drug-likeness (QED) is 0.280. The maximum atomic E-state index is 12.7. The second kappa shape index (κ2) is 10.6. The van der Waals surface area contributed by atoms with E-state index in [4.69, 9.17) is 20.5 Å². The fourth-order valence-corrected chi connectivity index (χ4v) is 5.12. The van der Waals surface area contributed by atoms with E-state index >= 15 is 0 Å². The lowest BCUT2D eigenvalue weighted by Crippen LogP contribution is -2.32. The first-order chi connectivity index (χ1) is 16.7. The second-order valence-electron chi connectivity index (χ2n) is 7.56. The van der Waals surface area contributed by atoms with Crippen molar-refractivity contribution in [2.75, 3.05) is 13.2 Å². The first-order valence-corrected chi connectivity index (χ1v) is 13.1. The molecular weight excluding hydrogens is 510 g/mol. The number of rotatable bonds is 8. The molecule has 0 unspecified atom stereocenters. The molecule has 2 amide bonds. The van der Waals surface area contributed by atoms with Crippen LogP contribution < -0.4 is 8.92 Å². The molecule has 0 radical (unpaired) electrons. The summed E-state index contributed by atoms with van der Waals surface area (Å²) in [5.41, 5.74) is 1.67. The third-order valence-corrected chi connectivity index (χ3v) is 7.35. The van der Waals surface area contributed by atoms with Crippen molar-refractivity contribution in [3.63, 3.8) is 0 Å². The largest absolute Gasteiger partial charge is 0.492 e. The molecular formula is C25H20ClNO6S2. The summed E-state index contributed by atoms with van der Waals surface area (Å²) < 4.78 is 35.6. The molecule has 4 rings (SSSR count). The number of ether oxygens (including phenoxy) is 1. The van der Waals surface area contributed by atoms with E-state index in [2.05, 4.69) is 0 Å². The number of imide groups is 1. The molecule has 0 spiro atoms. The Morgan fingerprint density at radius 1 is 0.971 bits per heavy atom. The van der Waals surface area contributed by atoms with Crippen LogP contribution in [-0.4, -0.2) is 37.6 Å². The number of nitrogens with zero attached hydrogens (tertiary/aromatic N) is 1. The number of amides is 2. The molecule has 3 aromatic rings. The van der Waals surface area contributed by atoms with Crippen LogP contribution in [0.5, 0.6) is 11.5 Å². The van der Waals surface area contributed by atoms with Gasteiger partial charge in [0.05, 0.1) is 11.4 Å². The average molecular weight is 530 g/mol. The molecule has 1 aliphatic heterocycles. The van der Waals surface area contributed by atoms with Gasteiger partial charge in [-0.25, -0.2) is 0 Å². The molecule has 1 aliphatic rings. The highest BCUT2D eigenvalue weighted by Crippen LogP contribution is 2.32. The third kappa shape index (κ3) is 6.25. The van der Waals surface area contributed by atoms with Crippen LogP contribution >= 0.6 is 23.4 Å². The summed E-state index contributed by atoms with van der Waals surface area (Å²) in [4.78, 5) is 26.4. The van der Waals surface area contributed by atoms with Crippen molar-refractivity contribution in [1.82, 2.24) is 4.90 Å². The van der Waals surface area contributed by atoms with Crippen LogP contribution in [0.2, 0.25) is 5.02 Å². The molecule has 1 saturated heterocycles. The zero-order valence-corrected chi connectivity index (χ0v) is 20.9. The highest BCUT2D eigenvalue weighted by Gasteiger charge is 2.34. The molecule has 7 nitrogen and oxygen atoms in total. The van der Waals surface area contributed by atoms with Crippen LogP contribution in [-0.2, 0) is 14.9 Å². The van der Waals surface area contributed by atoms with Gasteiger partial charge in [0.1, 0.15) is 23.0 Å². The number of thioether (sulfide) groups is 1. The zero-order chi connectivity index (χ0) is 25.0. The van der Waals surface area contributed by atoms with Gasteiger partial charge in [0.25, 0.3) is 11.1 Å². The fraction of sp³-hybridized carbons (Fsp3) is 0.120. The van der Waals surface area contributed by atoms with Crippen LogP contribution in [0.25, 0.3) is 6.08 Å². The van der Waals surface area contributed by atoms with Crippen molar-refractivity contribution >= 4 is 50.7 Å². The summed E-state index contributed by atoms with van der Waals surface area (Å²) in [7, 11) is -4.02. The Morgan fingerprint density at radius 3 is 2.37 bits per heavy atom. The molecule has 0 aliphatic carbocycles. The lowest BCUT2D eigenvalue weighted by atomic mass is 10.2. The zero-order valence-electron chi connectivity index (χ0n) is 18.5. The van der Waals surface area contributed by atoms with Gasteiger partial charge < -0.3 is 8.92 Å². The maximum absolute atomic E-state index is 12.7. The second-order valence-corrected chi connectivity index (χ2v) is 10.5. The van der Waals surface area contributed by atoms with Gasteiger partial charge in [-0.15, -0.1) is 0 Å². The molecule has 180 valence electrons. The highest BCUT2D eigenvalue weighted by atomic mass is 35.5. The van der Waals surface area contributed by atoms with Crippen molar-refractivity contribution in [3.8, 4) is 11.5 Å². The minimum Gasteiger partial charge on any atom is -0.492 e. The number of aryl methyl sites for hydroxylation is 1. The Morgan fingerprint density at radius 2 is 1.69 bits per heavy atom. The van der Waals surface area contributed by atoms with E-state index in [1.807, 2.05) is 31.2 Å². The Balaban J connectivity index is 1.38. The number of benzene rings is 3. The van der Waals surface area contributed by atoms with Gasteiger partial charge in [-0.05, 0) is 84.4 Å². The lowest BCUT2D eigenvalue weighted by Gasteiger charge is -2.13. The summed E-state index contributed by atoms with van der Waals surface area (Å²) in [5, 5.41) is 0.0413. The van der Waals surface area contributed by atoms with Crippen molar-refractivity contribution in [3.05, 3.63) is 93.9 Å². The topological polar surface area (TPSA) is 90.0 Å². The minimum atomic E-state index is -4.02. The van der Waals surface area contributed by atoms with Crippen molar-refractivity contribution in [2.24, 2.45) is 0 Å². The van der Waals surface area contributed by atoms with E-state index in [0.29, 0.717) is 16.3 Å². The smallest absolute Gasteiger partial charge is 0.339 e. The van der Waals surface area contributed by atoms with Gasteiger partial charge in [0.15, 0.2) is 0 Å². The van der Waals surface area contributed by atoms with Gasteiger partial charge in [-0.2, -0.15) is 8.42 Å². The van der Waals surface area contributed by atoms with E-state index < -0.39 is 16.0 Å². The van der Waals surface area contributed by atoms with Crippen LogP contribution in [0.4, 0.5) is 4.79 Å². The summed E-state index contributed by atoms with van der Waals surface area (Å²) in [6, 6.07) is 19.3. The Kier molecular flexibility index (Phi) is 7.49. The van der Waals surface area contributed by atoms with Crippen LogP contribution in [0.15, 0.2) is 82.6 Å². The van der Waals surface area contributed by atoms with Gasteiger partial charge in [-0.3, -0.25) is 14.5 Å². The molecule has 1 heterocycles. The number of hydrogen-bond donors (Lipinski definition) is 0. The van der Waals surface area contributed by atoms with Gasteiger partial charge in [0, 0.05) is 5.02 Å². The normalized spacial score (nSPS) is 15.0. The third-order valence-electron chi connectivity index (χ3n) is 4.93. The summed E-state index contributed by atoms with van der Waals surface area (Å²) in [6.07, 6.45) is 1.57. The van der Waals surface area contributed by atoms with E-state index in [0.717, 1.165) is 22.2 Å². The molecule has 10 heteroatoms. The lowest BCUT2D eigenvalue weighted by molar-refractivity contribution is -0.123. The van der Waals surface area contributed by atoms with E-state index in [-0.39, 0.29) is 33.9 Å². The molecule has 0 aromatic heterocycles. The fourth-order valence-electron chi connectivity index (χ4n) is 3.20. The minimum absolute atomic E-state index is 0.0222. The first-order valence-electron chi connectivity index (χ1n) is 10.5. The molecule has 0 saturated carbocycles. The predicted molar refractivity (Wildman–Crippen MR) is 135 cm³/mol. The number of halogens is 1. The predicted octanol–water partition coefficient (Wildman–Crippen LogP) is 5.53. The number of hydrogen-bond acceptors (Lipinski definition) is 7. The van der Waals surface area contributed by atoms with Crippen LogP contribution in [0, 0.1) is 6.92 Å². The molecule has 1 fully saturated rings. The van der Waals surface area contributed by atoms with Gasteiger partial charge >= 0.3 is 10.1 Å². The van der Waals surface area contributed by atoms with Crippen molar-refractivity contribution < 1.29 is 26.9 Å². The Hall–Kier alpha value is -3.27. The Labute approximate surface area is 212 Å². The molecule has 35 heavy (non-hydrogen) atoms. The number of carbonyl (C=O) groups is 2. The van der Waals surface area contributed by atoms with Gasteiger partial charge in [0.2, 0.25) is 0 Å². The first kappa shape index (κ1) is 24.8. The number of carbonyl (C=O) groups excluding carboxylic acids is 2. The maximum Gasteiger partial charge on any atom is 0.339 e. The van der Waals surface area contributed by atoms with E-state index in [1.54, 1.807) is 18.2 Å². The molecule has 0 bridgehead atoms. The summed E-state index contributed by atoms with van der Waals surface area (Å²) in [6.45, 7) is 2.26. The molecule has 0 atom stereocenters. The van der Waals surface area contributed by atoms with E-state index in [1.165, 1.54) is 36.4 Å². The summed E-state index contributed by atoms with van der Waals surface area (Å²) >= 11 is 6.64. The molecule has 3 aromatic carbocycles. The molecule has 0 N–H and O–H groups in total. The van der Waals surface area contributed by atoms with E-state index in [9.17, 15) is 18.0 Å².